The minimum atomic E-state index is 0. The van der Waals surface area contributed by atoms with Crippen LogP contribution in [0.15, 0.2) is 54.6 Å². The van der Waals surface area contributed by atoms with Crippen molar-refractivity contribution in [2.75, 3.05) is 6.61 Å². The molecule has 18 heavy (non-hydrogen) atoms. The van der Waals surface area contributed by atoms with Crippen LogP contribution in [0.1, 0.15) is 12.5 Å². The van der Waals surface area contributed by atoms with E-state index >= 15 is 0 Å². The van der Waals surface area contributed by atoms with E-state index in [2.05, 4.69) is 12.1 Å². The van der Waals surface area contributed by atoms with E-state index in [1.54, 1.807) is 0 Å². The molecule has 0 heterocycles. The quantitative estimate of drug-likeness (QED) is 0.654. The summed E-state index contributed by atoms with van der Waals surface area (Å²) < 4.78 is 5.16. The zero-order valence-electron chi connectivity index (χ0n) is 10.2. The zero-order chi connectivity index (χ0) is 12.1. The van der Waals surface area contributed by atoms with Gasteiger partial charge in [0.1, 0.15) is 0 Å². The first-order valence-electron chi connectivity index (χ1n) is 5.68. The summed E-state index contributed by atoms with van der Waals surface area (Å²) in [5.41, 5.74) is 3.15. The summed E-state index contributed by atoms with van der Waals surface area (Å²) in [5.74, 6) is 0.229. The van der Waals surface area contributed by atoms with Crippen molar-refractivity contribution in [1.82, 2.24) is 0 Å². The van der Waals surface area contributed by atoms with Crippen LogP contribution in [0, 0.1) is 5.41 Å². The number of benzene rings is 2. The highest BCUT2D eigenvalue weighted by Gasteiger charge is 2.02. The van der Waals surface area contributed by atoms with E-state index in [0.717, 1.165) is 11.1 Å². The molecular weight excluding hydrogens is 246 g/mol. The standard InChI is InChI=1S/C15H15NO.ClH/c1-2-17-15(16)14-10-8-13(9-11-14)12-6-4-3-5-7-12;/h3-11,16H,2H2,1H3;1H. The summed E-state index contributed by atoms with van der Waals surface area (Å²) in [6.07, 6.45) is 0. The van der Waals surface area contributed by atoms with Crippen molar-refractivity contribution in [1.29, 1.82) is 5.41 Å². The highest BCUT2D eigenvalue weighted by molar-refractivity contribution is 5.92. The van der Waals surface area contributed by atoms with Gasteiger partial charge in [0, 0.05) is 5.56 Å². The number of nitrogens with one attached hydrogen (secondary N) is 1. The number of rotatable bonds is 3. The molecule has 2 rings (SSSR count). The van der Waals surface area contributed by atoms with Crippen LogP contribution in [0.2, 0.25) is 0 Å². The predicted octanol–water partition coefficient (Wildman–Crippen LogP) is 4.14. The molecule has 0 radical (unpaired) electrons. The Morgan fingerprint density at radius 1 is 0.944 bits per heavy atom. The lowest BCUT2D eigenvalue weighted by atomic mass is 10.0. The van der Waals surface area contributed by atoms with Gasteiger partial charge in [-0.1, -0.05) is 42.5 Å². The lowest BCUT2D eigenvalue weighted by Crippen LogP contribution is -2.04. The Bertz CT molecular complexity index is 494. The summed E-state index contributed by atoms with van der Waals surface area (Å²) in [6.45, 7) is 2.41. The monoisotopic (exact) mass is 261 g/mol. The topological polar surface area (TPSA) is 33.1 Å². The molecule has 0 bridgehead atoms. The van der Waals surface area contributed by atoms with Crippen LogP contribution in [0.25, 0.3) is 11.1 Å². The van der Waals surface area contributed by atoms with Crippen molar-refractivity contribution in [3.63, 3.8) is 0 Å². The molecule has 0 aromatic heterocycles. The molecule has 2 aromatic rings. The Hall–Kier alpha value is -1.80. The van der Waals surface area contributed by atoms with Gasteiger partial charge in [-0.2, -0.15) is 0 Å². The van der Waals surface area contributed by atoms with Gasteiger partial charge in [0.15, 0.2) is 0 Å². The van der Waals surface area contributed by atoms with Crippen molar-refractivity contribution >= 4 is 18.3 Å². The summed E-state index contributed by atoms with van der Waals surface area (Å²) in [7, 11) is 0. The maximum atomic E-state index is 7.68. The van der Waals surface area contributed by atoms with E-state index < -0.39 is 0 Å². The fourth-order valence-corrected chi connectivity index (χ4v) is 1.67. The van der Waals surface area contributed by atoms with Gasteiger partial charge in [-0.3, -0.25) is 5.41 Å². The van der Waals surface area contributed by atoms with Gasteiger partial charge in [0.25, 0.3) is 0 Å². The van der Waals surface area contributed by atoms with E-state index in [1.807, 2.05) is 49.4 Å². The van der Waals surface area contributed by atoms with Crippen LogP contribution < -0.4 is 0 Å². The highest BCUT2D eigenvalue weighted by atomic mass is 35.5. The van der Waals surface area contributed by atoms with Gasteiger partial charge in [-0.15, -0.1) is 12.4 Å². The van der Waals surface area contributed by atoms with E-state index in [0.29, 0.717) is 6.61 Å². The Labute approximate surface area is 114 Å². The van der Waals surface area contributed by atoms with Crippen LogP contribution in [-0.2, 0) is 4.74 Å². The molecule has 0 aliphatic carbocycles. The average Bonchev–Trinajstić information content (AvgIpc) is 2.40. The van der Waals surface area contributed by atoms with Crippen LogP contribution in [-0.4, -0.2) is 12.5 Å². The molecule has 0 aliphatic rings. The first kappa shape index (κ1) is 14.3. The molecular formula is C15H16ClNO. The van der Waals surface area contributed by atoms with Crippen molar-refractivity contribution in [3.8, 4) is 11.1 Å². The fourth-order valence-electron chi connectivity index (χ4n) is 1.67. The lowest BCUT2D eigenvalue weighted by Gasteiger charge is -2.06. The minimum absolute atomic E-state index is 0. The van der Waals surface area contributed by atoms with Gasteiger partial charge in [-0.05, 0) is 30.2 Å². The zero-order valence-corrected chi connectivity index (χ0v) is 11.0. The third-order valence-electron chi connectivity index (χ3n) is 2.54. The second-order valence-corrected chi connectivity index (χ2v) is 3.71. The maximum absolute atomic E-state index is 7.68. The fraction of sp³-hybridized carbons (Fsp3) is 0.133. The molecule has 0 atom stereocenters. The van der Waals surface area contributed by atoms with Gasteiger partial charge in [-0.25, -0.2) is 0 Å². The third kappa shape index (κ3) is 3.34. The van der Waals surface area contributed by atoms with Crippen LogP contribution >= 0.6 is 12.4 Å². The normalized spacial score (nSPS) is 9.39. The van der Waals surface area contributed by atoms with Gasteiger partial charge in [0.05, 0.1) is 6.61 Å². The van der Waals surface area contributed by atoms with E-state index in [1.165, 1.54) is 5.56 Å². The van der Waals surface area contributed by atoms with Crippen LogP contribution in [0.3, 0.4) is 0 Å². The number of hydrogen-bond donors (Lipinski definition) is 1. The highest BCUT2D eigenvalue weighted by Crippen LogP contribution is 2.19. The first-order chi connectivity index (χ1) is 8.31. The molecule has 94 valence electrons. The second kappa shape index (κ2) is 6.82. The van der Waals surface area contributed by atoms with Crippen LogP contribution in [0.5, 0.6) is 0 Å². The molecule has 0 saturated heterocycles. The summed E-state index contributed by atoms with van der Waals surface area (Å²) in [5, 5.41) is 7.68. The number of halogens is 1. The van der Waals surface area contributed by atoms with Gasteiger partial charge in [0.2, 0.25) is 5.90 Å². The average molecular weight is 262 g/mol. The number of hydrogen-bond acceptors (Lipinski definition) is 2. The van der Waals surface area contributed by atoms with Crippen molar-refractivity contribution < 1.29 is 4.74 Å². The van der Waals surface area contributed by atoms with Crippen molar-refractivity contribution in [3.05, 3.63) is 60.2 Å². The Morgan fingerprint density at radius 3 is 2.06 bits per heavy atom. The molecule has 0 fully saturated rings. The second-order valence-electron chi connectivity index (χ2n) is 3.71. The molecule has 2 nitrogen and oxygen atoms in total. The third-order valence-corrected chi connectivity index (χ3v) is 2.54. The first-order valence-corrected chi connectivity index (χ1v) is 5.68. The van der Waals surface area contributed by atoms with E-state index in [9.17, 15) is 0 Å². The van der Waals surface area contributed by atoms with E-state index in [-0.39, 0.29) is 18.3 Å². The largest absolute Gasteiger partial charge is 0.478 e. The molecule has 0 saturated carbocycles. The SMILES string of the molecule is CCOC(=N)c1ccc(-c2ccccc2)cc1.Cl. The molecule has 0 aliphatic heterocycles. The van der Waals surface area contributed by atoms with Crippen LogP contribution in [0.4, 0.5) is 0 Å². The van der Waals surface area contributed by atoms with E-state index in [4.69, 9.17) is 10.1 Å². The van der Waals surface area contributed by atoms with Gasteiger partial charge >= 0.3 is 0 Å². The summed E-state index contributed by atoms with van der Waals surface area (Å²) in [4.78, 5) is 0. The Morgan fingerprint density at radius 2 is 1.50 bits per heavy atom. The smallest absolute Gasteiger partial charge is 0.213 e. The molecule has 0 unspecified atom stereocenters. The lowest BCUT2D eigenvalue weighted by molar-refractivity contribution is 0.325. The molecule has 0 spiro atoms. The summed E-state index contributed by atoms with van der Waals surface area (Å²) in [6, 6.07) is 18.0. The maximum Gasteiger partial charge on any atom is 0.213 e. The molecule has 3 heteroatoms. The van der Waals surface area contributed by atoms with Gasteiger partial charge < -0.3 is 4.74 Å². The number of ether oxygens (including phenoxy) is 1. The predicted molar refractivity (Wildman–Crippen MR) is 77.6 cm³/mol. The van der Waals surface area contributed by atoms with Crippen molar-refractivity contribution in [2.24, 2.45) is 0 Å². The Balaban J connectivity index is 0.00000162. The molecule has 2 aromatic carbocycles. The minimum Gasteiger partial charge on any atom is -0.478 e. The molecule has 0 amide bonds. The Kier molecular flexibility index (Phi) is 5.40. The molecule has 1 N–H and O–H groups in total. The van der Waals surface area contributed by atoms with Crippen molar-refractivity contribution in [2.45, 2.75) is 6.92 Å². The summed E-state index contributed by atoms with van der Waals surface area (Å²) >= 11 is 0.